The van der Waals surface area contributed by atoms with Crippen molar-refractivity contribution in [2.24, 2.45) is 0 Å². The molecule has 0 aliphatic carbocycles. The van der Waals surface area contributed by atoms with Crippen molar-refractivity contribution < 1.29 is 14.2 Å². The highest BCUT2D eigenvalue weighted by atomic mass is 35.5. The van der Waals surface area contributed by atoms with Crippen molar-refractivity contribution in [2.75, 3.05) is 13.7 Å². The van der Waals surface area contributed by atoms with E-state index in [4.69, 9.17) is 25.8 Å². The van der Waals surface area contributed by atoms with Crippen LogP contribution >= 0.6 is 24.0 Å². The van der Waals surface area contributed by atoms with Crippen LogP contribution in [0.3, 0.4) is 0 Å². The molecule has 5 nitrogen and oxygen atoms in total. The summed E-state index contributed by atoms with van der Waals surface area (Å²) in [6.45, 7) is 1.32. The van der Waals surface area contributed by atoms with Gasteiger partial charge >= 0.3 is 0 Å². The smallest absolute Gasteiger partial charge is 0.138 e. The summed E-state index contributed by atoms with van der Waals surface area (Å²) in [6.07, 6.45) is 10.6. The van der Waals surface area contributed by atoms with Crippen molar-refractivity contribution in [3.05, 3.63) is 54.1 Å². The first-order chi connectivity index (χ1) is 11.2. The average molecular weight is 371 g/mol. The third-order valence-corrected chi connectivity index (χ3v) is 3.93. The van der Waals surface area contributed by atoms with Crippen LogP contribution in [0.15, 0.2) is 49.1 Å². The van der Waals surface area contributed by atoms with Gasteiger partial charge in [-0.2, -0.15) is 0 Å². The fourth-order valence-corrected chi connectivity index (χ4v) is 2.67. The second kappa shape index (κ2) is 8.97. The van der Waals surface area contributed by atoms with Crippen molar-refractivity contribution in [2.45, 2.75) is 25.2 Å². The van der Waals surface area contributed by atoms with Crippen LogP contribution in [0, 0.1) is 0 Å². The second-order valence-electron chi connectivity index (χ2n) is 5.29. The summed E-state index contributed by atoms with van der Waals surface area (Å²) in [5, 5.41) is 0.546. The Morgan fingerprint density at radius 1 is 1.29 bits per heavy atom. The van der Waals surface area contributed by atoms with E-state index in [0.717, 1.165) is 13.0 Å². The van der Waals surface area contributed by atoms with E-state index in [1.807, 2.05) is 22.9 Å². The first-order valence-electron chi connectivity index (χ1n) is 7.50. The van der Waals surface area contributed by atoms with Gasteiger partial charge in [0.05, 0.1) is 43.8 Å². The number of imidazole rings is 1. The lowest BCUT2D eigenvalue weighted by Gasteiger charge is -2.15. The summed E-state index contributed by atoms with van der Waals surface area (Å²) in [7, 11) is 1.61. The van der Waals surface area contributed by atoms with Crippen LogP contribution in [-0.2, 0) is 11.3 Å². The summed E-state index contributed by atoms with van der Waals surface area (Å²) in [5.74, 6) is 1.37. The molecule has 2 unspecified atom stereocenters. The fraction of sp³-hybridized carbons (Fsp3) is 0.353. The summed E-state index contributed by atoms with van der Waals surface area (Å²) in [4.78, 5) is 4.03. The molecule has 0 saturated heterocycles. The number of aromatic nitrogens is 2. The maximum absolute atomic E-state index is 6.15. The quantitative estimate of drug-likeness (QED) is 0.696. The average Bonchev–Trinajstić information content (AvgIpc) is 3.21. The van der Waals surface area contributed by atoms with Gasteiger partial charge in [-0.3, -0.25) is 0 Å². The zero-order valence-electron chi connectivity index (χ0n) is 13.3. The van der Waals surface area contributed by atoms with Gasteiger partial charge in [-0.15, -0.1) is 12.4 Å². The molecule has 24 heavy (non-hydrogen) atoms. The van der Waals surface area contributed by atoms with Crippen LogP contribution < -0.4 is 9.47 Å². The zero-order valence-corrected chi connectivity index (χ0v) is 14.9. The van der Waals surface area contributed by atoms with Crippen LogP contribution in [0.2, 0.25) is 5.02 Å². The number of hydrogen-bond donors (Lipinski definition) is 0. The summed E-state index contributed by atoms with van der Waals surface area (Å²) >= 11 is 6.15. The Labute approximate surface area is 152 Å². The van der Waals surface area contributed by atoms with Gasteiger partial charge in [0, 0.05) is 24.9 Å². The van der Waals surface area contributed by atoms with Crippen molar-refractivity contribution in [1.82, 2.24) is 9.55 Å². The molecule has 2 heterocycles. The van der Waals surface area contributed by atoms with Crippen molar-refractivity contribution >= 4 is 24.0 Å². The zero-order chi connectivity index (χ0) is 16.1. The maximum atomic E-state index is 6.15. The highest BCUT2D eigenvalue weighted by molar-refractivity contribution is 6.32. The van der Waals surface area contributed by atoms with E-state index in [0.29, 0.717) is 23.1 Å². The standard InChI is InChI=1S/C17H19ClN2O3.ClH/c1-21-14-4-5-17(16(18)10-14)22-9-6-13-2-3-15(23-13)11-20-8-7-19-12-20;/h2-5,7-8,10,12-13,15H,6,9,11H2,1H3;1H. The Hall–Kier alpha value is -1.69. The van der Waals surface area contributed by atoms with Crippen LogP contribution in [0.25, 0.3) is 0 Å². The minimum absolute atomic E-state index is 0. The summed E-state index contributed by atoms with van der Waals surface area (Å²) in [6, 6.07) is 5.38. The maximum Gasteiger partial charge on any atom is 0.138 e. The minimum Gasteiger partial charge on any atom is -0.497 e. The van der Waals surface area contributed by atoms with Gasteiger partial charge in [0.1, 0.15) is 11.5 Å². The number of halogens is 2. The Kier molecular flexibility index (Phi) is 6.97. The van der Waals surface area contributed by atoms with E-state index >= 15 is 0 Å². The molecule has 1 aliphatic rings. The molecular weight excluding hydrogens is 351 g/mol. The molecule has 0 saturated carbocycles. The van der Waals surface area contributed by atoms with Crippen LogP contribution in [0.5, 0.6) is 11.5 Å². The van der Waals surface area contributed by atoms with Gasteiger partial charge in [0.25, 0.3) is 0 Å². The molecule has 0 bridgehead atoms. The monoisotopic (exact) mass is 370 g/mol. The molecule has 2 atom stereocenters. The first-order valence-corrected chi connectivity index (χ1v) is 7.88. The SMILES string of the molecule is COc1ccc(OCCC2C=CC(Cn3ccnc3)O2)c(Cl)c1.Cl. The lowest BCUT2D eigenvalue weighted by Crippen LogP contribution is -2.19. The second-order valence-corrected chi connectivity index (χ2v) is 5.70. The number of ether oxygens (including phenoxy) is 3. The van der Waals surface area contributed by atoms with E-state index < -0.39 is 0 Å². The third kappa shape index (κ3) is 4.90. The topological polar surface area (TPSA) is 45.5 Å². The Morgan fingerprint density at radius 3 is 2.83 bits per heavy atom. The molecule has 1 aromatic heterocycles. The minimum atomic E-state index is 0. The third-order valence-electron chi connectivity index (χ3n) is 3.64. The van der Waals surface area contributed by atoms with Gasteiger partial charge < -0.3 is 18.8 Å². The molecule has 130 valence electrons. The highest BCUT2D eigenvalue weighted by Gasteiger charge is 2.19. The van der Waals surface area contributed by atoms with Crippen LogP contribution in [-0.4, -0.2) is 35.5 Å². The van der Waals surface area contributed by atoms with Gasteiger partial charge in [-0.1, -0.05) is 23.8 Å². The van der Waals surface area contributed by atoms with E-state index in [-0.39, 0.29) is 24.6 Å². The largest absolute Gasteiger partial charge is 0.497 e. The predicted octanol–water partition coefficient (Wildman–Crippen LogP) is 3.76. The number of hydrogen-bond acceptors (Lipinski definition) is 4. The lowest BCUT2D eigenvalue weighted by atomic mass is 10.2. The molecule has 7 heteroatoms. The molecule has 0 N–H and O–H groups in total. The van der Waals surface area contributed by atoms with Crippen LogP contribution in [0.1, 0.15) is 6.42 Å². The Morgan fingerprint density at radius 2 is 2.12 bits per heavy atom. The molecule has 0 amide bonds. The molecule has 3 rings (SSSR count). The summed E-state index contributed by atoms with van der Waals surface area (Å²) < 4.78 is 18.8. The first kappa shape index (κ1) is 18.6. The fourth-order valence-electron chi connectivity index (χ4n) is 2.44. The van der Waals surface area contributed by atoms with Crippen LogP contribution in [0.4, 0.5) is 0 Å². The molecule has 2 aromatic rings. The molecule has 0 radical (unpaired) electrons. The van der Waals surface area contributed by atoms with Crippen molar-refractivity contribution in [3.63, 3.8) is 0 Å². The predicted molar refractivity (Wildman–Crippen MR) is 95.4 cm³/mol. The molecular formula is C17H20Cl2N2O3. The molecule has 0 fully saturated rings. The van der Waals surface area contributed by atoms with E-state index in [9.17, 15) is 0 Å². The Bertz CT molecular complexity index is 662. The molecule has 0 spiro atoms. The number of methoxy groups -OCH3 is 1. The summed E-state index contributed by atoms with van der Waals surface area (Å²) in [5.41, 5.74) is 0. The number of benzene rings is 1. The number of nitrogens with zero attached hydrogens (tertiary/aromatic N) is 2. The lowest BCUT2D eigenvalue weighted by molar-refractivity contribution is 0.0393. The normalized spacial score (nSPS) is 19.1. The van der Waals surface area contributed by atoms with E-state index in [2.05, 4.69) is 17.1 Å². The molecule has 1 aliphatic heterocycles. The van der Waals surface area contributed by atoms with Crippen molar-refractivity contribution in [1.29, 1.82) is 0 Å². The Balaban J connectivity index is 0.00000208. The van der Waals surface area contributed by atoms with E-state index in [1.54, 1.807) is 25.7 Å². The number of rotatable bonds is 7. The van der Waals surface area contributed by atoms with Gasteiger partial charge in [-0.05, 0) is 12.1 Å². The molecule has 1 aromatic carbocycles. The van der Waals surface area contributed by atoms with Crippen molar-refractivity contribution in [3.8, 4) is 11.5 Å². The van der Waals surface area contributed by atoms with Gasteiger partial charge in [0.2, 0.25) is 0 Å². The van der Waals surface area contributed by atoms with E-state index in [1.165, 1.54) is 0 Å². The van der Waals surface area contributed by atoms with Gasteiger partial charge in [-0.25, -0.2) is 4.98 Å². The highest BCUT2D eigenvalue weighted by Crippen LogP contribution is 2.29. The van der Waals surface area contributed by atoms with Gasteiger partial charge in [0.15, 0.2) is 0 Å².